The van der Waals surface area contributed by atoms with Crippen molar-refractivity contribution in [1.82, 2.24) is 30.2 Å². The van der Waals surface area contributed by atoms with Crippen molar-refractivity contribution in [3.63, 3.8) is 0 Å². The molecule has 0 aliphatic rings. The zero-order valence-electron chi connectivity index (χ0n) is 18.4. The number of nitrogens with zero attached hydrogens (tertiary/aromatic N) is 5. The van der Waals surface area contributed by atoms with Gasteiger partial charge in [0.15, 0.2) is 0 Å². The maximum Gasteiger partial charge on any atom is 0.257 e. The monoisotopic (exact) mass is 418 g/mol. The minimum Gasteiger partial charge on any atom is -0.322 e. The minimum absolute atomic E-state index is 0.0598. The quantitative estimate of drug-likeness (QED) is 0.498. The molecular weight excluding hydrogens is 390 g/mol. The van der Waals surface area contributed by atoms with E-state index in [4.69, 9.17) is 0 Å². The summed E-state index contributed by atoms with van der Waals surface area (Å²) in [4.78, 5) is 21.2. The Morgan fingerprint density at radius 2 is 1.94 bits per heavy atom. The number of quaternary nitrogens is 1. The summed E-state index contributed by atoms with van der Waals surface area (Å²) in [5, 5.41) is 13.4. The maximum atomic E-state index is 12.8. The molecule has 160 valence electrons. The first-order chi connectivity index (χ1) is 14.8. The van der Waals surface area contributed by atoms with Crippen molar-refractivity contribution < 1.29 is 4.90 Å². The van der Waals surface area contributed by atoms with E-state index < -0.39 is 0 Å². The Hall–Kier alpha value is -3.39. The molecule has 1 unspecified atom stereocenters. The van der Waals surface area contributed by atoms with E-state index >= 15 is 0 Å². The summed E-state index contributed by atoms with van der Waals surface area (Å²) < 4.78 is 1.85. The fourth-order valence-corrected chi connectivity index (χ4v) is 3.81. The predicted octanol–water partition coefficient (Wildman–Crippen LogP) is 1.76. The first kappa shape index (κ1) is 20.9. The molecule has 31 heavy (non-hydrogen) atoms. The number of H-pyrrole nitrogens is 1. The molecule has 1 atom stereocenters. The van der Waals surface area contributed by atoms with Crippen LogP contribution in [0.15, 0.2) is 53.6 Å². The largest absolute Gasteiger partial charge is 0.322 e. The summed E-state index contributed by atoms with van der Waals surface area (Å²) in [7, 11) is 0. The van der Waals surface area contributed by atoms with Crippen LogP contribution in [0.1, 0.15) is 43.3 Å². The van der Waals surface area contributed by atoms with Gasteiger partial charge in [0.25, 0.3) is 5.56 Å². The molecule has 2 N–H and O–H groups in total. The third-order valence-corrected chi connectivity index (χ3v) is 5.27. The van der Waals surface area contributed by atoms with Crippen LogP contribution in [0, 0.1) is 6.92 Å². The Morgan fingerprint density at radius 3 is 2.68 bits per heavy atom. The Morgan fingerprint density at radius 1 is 1.10 bits per heavy atom. The van der Waals surface area contributed by atoms with Crippen molar-refractivity contribution in [2.24, 2.45) is 0 Å². The lowest BCUT2D eigenvalue weighted by Crippen LogP contribution is -3.08. The van der Waals surface area contributed by atoms with Gasteiger partial charge in [0.2, 0.25) is 5.82 Å². The van der Waals surface area contributed by atoms with Crippen LogP contribution < -0.4 is 10.5 Å². The summed E-state index contributed by atoms with van der Waals surface area (Å²) in [5.41, 5.74) is 3.57. The molecule has 1 aromatic carbocycles. The first-order valence-corrected chi connectivity index (χ1v) is 10.4. The van der Waals surface area contributed by atoms with Gasteiger partial charge in [0, 0.05) is 23.5 Å². The van der Waals surface area contributed by atoms with Gasteiger partial charge in [-0.3, -0.25) is 9.78 Å². The van der Waals surface area contributed by atoms with E-state index in [1.54, 1.807) is 6.20 Å². The lowest BCUT2D eigenvalue weighted by atomic mass is 10.1. The molecule has 3 aromatic heterocycles. The van der Waals surface area contributed by atoms with Gasteiger partial charge < -0.3 is 9.88 Å². The number of hydrogen-bond acceptors (Lipinski definition) is 5. The molecule has 0 spiro atoms. The Labute approximate surface area is 180 Å². The summed E-state index contributed by atoms with van der Waals surface area (Å²) in [6.45, 7) is 10.1. The van der Waals surface area contributed by atoms with Crippen LogP contribution in [0.3, 0.4) is 0 Å². The molecule has 3 heterocycles. The standard InChI is InChI=1S/C23H27N7O/c1-16-7-8-20-18(10-16)11-19(22(31)25-20)14-29(13-17-6-5-9-24-12-17)15-21-26-27-28-30(21)23(2,3)4/h5-12H,13-15H2,1-4H3,(H,25,31)/p+1. The van der Waals surface area contributed by atoms with E-state index in [2.05, 4.69) is 59.3 Å². The first-order valence-electron chi connectivity index (χ1n) is 10.4. The van der Waals surface area contributed by atoms with Gasteiger partial charge in [0.05, 0.1) is 11.1 Å². The van der Waals surface area contributed by atoms with Crippen LogP contribution >= 0.6 is 0 Å². The summed E-state index contributed by atoms with van der Waals surface area (Å²) >= 11 is 0. The summed E-state index contributed by atoms with van der Waals surface area (Å²) in [6, 6.07) is 12.0. The molecule has 4 aromatic rings. The van der Waals surface area contributed by atoms with Crippen LogP contribution in [0.5, 0.6) is 0 Å². The van der Waals surface area contributed by atoms with Gasteiger partial charge >= 0.3 is 0 Å². The number of aryl methyl sites for hydroxylation is 1. The van der Waals surface area contributed by atoms with E-state index in [0.29, 0.717) is 19.6 Å². The fourth-order valence-electron chi connectivity index (χ4n) is 3.81. The molecule has 0 radical (unpaired) electrons. The highest BCUT2D eigenvalue weighted by molar-refractivity contribution is 5.79. The molecule has 0 bridgehead atoms. The fraction of sp³-hybridized carbons (Fsp3) is 0.348. The second kappa shape index (κ2) is 8.39. The topological polar surface area (TPSA) is 93.8 Å². The van der Waals surface area contributed by atoms with Gasteiger partial charge in [-0.1, -0.05) is 17.7 Å². The zero-order chi connectivity index (χ0) is 22.0. The lowest BCUT2D eigenvalue weighted by molar-refractivity contribution is -0.942. The number of benzene rings is 1. The van der Waals surface area contributed by atoms with Crippen molar-refractivity contribution in [3.05, 3.63) is 81.7 Å². The molecule has 0 saturated carbocycles. The highest BCUT2D eigenvalue weighted by Crippen LogP contribution is 2.14. The van der Waals surface area contributed by atoms with Gasteiger partial charge in [-0.2, -0.15) is 0 Å². The zero-order valence-corrected chi connectivity index (χ0v) is 18.4. The van der Waals surface area contributed by atoms with Gasteiger partial charge in [-0.25, -0.2) is 4.68 Å². The van der Waals surface area contributed by atoms with E-state index in [1.807, 2.05) is 41.2 Å². The van der Waals surface area contributed by atoms with Crippen molar-refractivity contribution in [2.75, 3.05) is 0 Å². The van der Waals surface area contributed by atoms with E-state index in [9.17, 15) is 4.79 Å². The summed E-state index contributed by atoms with van der Waals surface area (Å²) in [6.07, 6.45) is 3.63. The normalized spacial score (nSPS) is 12.9. The summed E-state index contributed by atoms with van der Waals surface area (Å²) in [5.74, 6) is 0.791. The van der Waals surface area contributed by atoms with E-state index in [0.717, 1.165) is 38.3 Å². The van der Waals surface area contributed by atoms with Gasteiger partial charge in [-0.05, 0) is 67.8 Å². The van der Waals surface area contributed by atoms with Crippen molar-refractivity contribution in [1.29, 1.82) is 0 Å². The van der Waals surface area contributed by atoms with Crippen LogP contribution in [-0.2, 0) is 25.2 Å². The third kappa shape index (κ3) is 4.86. The molecule has 8 nitrogen and oxygen atoms in total. The number of aromatic amines is 1. The van der Waals surface area contributed by atoms with Crippen molar-refractivity contribution in [2.45, 2.75) is 52.9 Å². The number of nitrogens with one attached hydrogen (secondary N) is 2. The molecule has 8 heteroatoms. The number of hydrogen-bond donors (Lipinski definition) is 2. The molecule has 0 aliphatic carbocycles. The number of pyridine rings is 2. The van der Waals surface area contributed by atoms with Gasteiger partial charge in [-0.15, -0.1) is 5.10 Å². The van der Waals surface area contributed by atoms with E-state index in [1.165, 1.54) is 0 Å². The highest BCUT2D eigenvalue weighted by Gasteiger charge is 2.24. The predicted molar refractivity (Wildman–Crippen MR) is 118 cm³/mol. The number of aromatic nitrogens is 6. The smallest absolute Gasteiger partial charge is 0.257 e. The Balaban J connectivity index is 1.68. The van der Waals surface area contributed by atoms with E-state index in [-0.39, 0.29) is 11.1 Å². The average Bonchev–Trinajstić information content (AvgIpc) is 3.18. The van der Waals surface area contributed by atoms with Crippen LogP contribution in [0.2, 0.25) is 0 Å². The Kier molecular flexibility index (Phi) is 5.65. The average molecular weight is 419 g/mol. The molecule has 4 rings (SSSR count). The molecule has 0 saturated heterocycles. The van der Waals surface area contributed by atoms with Crippen LogP contribution in [0.25, 0.3) is 10.9 Å². The maximum absolute atomic E-state index is 12.8. The molecule has 0 fully saturated rings. The SMILES string of the molecule is Cc1ccc2[nH]c(=O)c(C[NH+](Cc3cccnc3)Cc3nnnn3C(C)(C)C)cc2c1. The van der Waals surface area contributed by atoms with Crippen molar-refractivity contribution in [3.8, 4) is 0 Å². The highest BCUT2D eigenvalue weighted by atomic mass is 16.1. The molecule has 0 amide bonds. The minimum atomic E-state index is -0.226. The second-order valence-electron chi connectivity index (χ2n) is 9.03. The molecule has 0 aliphatic heterocycles. The second-order valence-corrected chi connectivity index (χ2v) is 9.03. The number of tetrazole rings is 1. The van der Waals surface area contributed by atoms with Crippen molar-refractivity contribution >= 4 is 10.9 Å². The van der Waals surface area contributed by atoms with Crippen LogP contribution in [0.4, 0.5) is 0 Å². The van der Waals surface area contributed by atoms with Gasteiger partial charge in [0.1, 0.15) is 19.6 Å². The number of fused-ring (bicyclic) bond motifs is 1. The third-order valence-electron chi connectivity index (χ3n) is 5.27. The molecular formula is C23H28N7O+. The Bertz CT molecular complexity index is 1240. The lowest BCUT2D eigenvalue weighted by Gasteiger charge is -2.23. The number of rotatable bonds is 6. The van der Waals surface area contributed by atoms with Crippen LogP contribution in [-0.4, -0.2) is 30.2 Å².